The summed E-state index contributed by atoms with van der Waals surface area (Å²) in [6.45, 7) is 6.03. The summed E-state index contributed by atoms with van der Waals surface area (Å²) in [5, 5.41) is 3.44. The van der Waals surface area contributed by atoms with Gasteiger partial charge in [0.05, 0.1) is 24.7 Å². The Hall–Kier alpha value is -0.170. The van der Waals surface area contributed by atoms with Gasteiger partial charge in [0, 0.05) is 31.7 Å². The first-order chi connectivity index (χ1) is 8.07. The maximum atomic E-state index is 11.3. The fraction of sp³-hybridized carbons (Fsp3) is 1.00. The van der Waals surface area contributed by atoms with Crippen LogP contribution in [0.5, 0.6) is 0 Å². The van der Waals surface area contributed by atoms with E-state index in [1.54, 1.807) is 0 Å². The van der Waals surface area contributed by atoms with E-state index in [9.17, 15) is 8.42 Å². The molecule has 1 N–H and O–H groups in total. The first-order valence-corrected chi connectivity index (χ1v) is 8.14. The Balaban J connectivity index is 1.78. The van der Waals surface area contributed by atoms with Crippen molar-refractivity contribution in [2.75, 3.05) is 44.4 Å². The van der Waals surface area contributed by atoms with Gasteiger partial charge in [0.15, 0.2) is 9.84 Å². The maximum Gasteiger partial charge on any atom is 0.152 e. The first kappa shape index (κ1) is 13.3. The van der Waals surface area contributed by atoms with Gasteiger partial charge in [-0.05, 0) is 13.3 Å². The molecule has 2 atom stereocenters. The lowest BCUT2D eigenvalue weighted by Crippen LogP contribution is -2.49. The molecule has 2 unspecified atom stereocenters. The fourth-order valence-electron chi connectivity index (χ4n) is 2.50. The van der Waals surface area contributed by atoms with E-state index in [1.807, 2.05) is 0 Å². The van der Waals surface area contributed by atoms with E-state index in [-0.39, 0.29) is 0 Å². The molecule has 6 heteroatoms. The quantitative estimate of drug-likeness (QED) is 0.742. The Labute approximate surface area is 103 Å². The second kappa shape index (κ2) is 5.65. The van der Waals surface area contributed by atoms with Gasteiger partial charge in [-0.25, -0.2) is 8.42 Å². The average Bonchev–Trinajstić information content (AvgIpc) is 2.30. The minimum Gasteiger partial charge on any atom is -0.379 e. The molecule has 100 valence electrons. The number of hydrogen-bond acceptors (Lipinski definition) is 5. The third-order valence-electron chi connectivity index (χ3n) is 3.63. The van der Waals surface area contributed by atoms with Crippen molar-refractivity contribution < 1.29 is 13.2 Å². The second-order valence-corrected chi connectivity index (χ2v) is 7.30. The maximum absolute atomic E-state index is 11.3. The predicted octanol–water partition coefficient (Wildman–Crippen LogP) is -0.516. The Morgan fingerprint density at radius 2 is 2.12 bits per heavy atom. The lowest BCUT2D eigenvalue weighted by atomic mass is 10.1. The summed E-state index contributed by atoms with van der Waals surface area (Å²) in [6.07, 6.45) is 1.03. The number of nitrogens with zero attached hydrogens (tertiary/aromatic N) is 1. The topological polar surface area (TPSA) is 58.6 Å². The Morgan fingerprint density at radius 1 is 1.41 bits per heavy atom. The number of rotatable bonds is 3. The van der Waals surface area contributed by atoms with Crippen LogP contribution in [-0.2, 0) is 14.6 Å². The number of nitrogens with one attached hydrogen (secondary N) is 1. The van der Waals surface area contributed by atoms with Crippen molar-refractivity contribution in [3.8, 4) is 0 Å². The van der Waals surface area contributed by atoms with Crippen LogP contribution in [0, 0.1) is 0 Å². The molecule has 2 aliphatic heterocycles. The molecule has 2 aliphatic rings. The zero-order valence-electron chi connectivity index (χ0n) is 10.4. The number of ether oxygens (including phenoxy) is 1. The van der Waals surface area contributed by atoms with Gasteiger partial charge in [-0.3, -0.25) is 4.90 Å². The molecule has 0 saturated carbocycles. The minimum atomic E-state index is -2.76. The number of hydrogen-bond donors (Lipinski definition) is 1. The van der Waals surface area contributed by atoms with Gasteiger partial charge in [0.1, 0.15) is 0 Å². The lowest BCUT2D eigenvalue weighted by molar-refractivity contribution is 0.0628. The Kier molecular flexibility index (Phi) is 4.41. The molecule has 0 amide bonds. The molecule has 0 aromatic heterocycles. The summed E-state index contributed by atoms with van der Waals surface area (Å²) in [6, 6.07) is 0.835. The van der Waals surface area contributed by atoms with Gasteiger partial charge in [-0.1, -0.05) is 0 Å². The van der Waals surface area contributed by atoms with E-state index in [0.29, 0.717) is 36.7 Å². The molecular weight excluding hydrogens is 240 g/mol. The highest BCUT2D eigenvalue weighted by Gasteiger charge is 2.26. The summed E-state index contributed by atoms with van der Waals surface area (Å²) in [5.74, 6) is 0.623. The monoisotopic (exact) mass is 262 g/mol. The molecule has 0 aromatic carbocycles. The predicted molar refractivity (Wildman–Crippen MR) is 66.9 cm³/mol. The Morgan fingerprint density at radius 3 is 2.71 bits per heavy atom. The summed E-state index contributed by atoms with van der Waals surface area (Å²) in [5.41, 5.74) is 0. The van der Waals surface area contributed by atoms with Crippen molar-refractivity contribution in [1.82, 2.24) is 10.2 Å². The fourth-order valence-corrected chi connectivity index (χ4v) is 3.73. The van der Waals surface area contributed by atoms with Gasteiger partial charge in [0.2, 0.25) is 0 Å². The van der Waals surface area contributed by atoms with Crippen molar-refractivity contribution in [1.29, 1.82) is 0 Å². The largest absolute Gasteiger partial charge is 0.379 e. The molecule has 0 spiro atoms. The van der Waals surface area contributed by atoms with Crippen LogP contribution >= 0.6 is 0 Å². The smallest absolute Gasteiger partial charge is 0.152 e. The normalized spacial score (nSPS) is 32.2. The van der Waals surface area contributed by atoms with E-state index < -0.39 is 9.84 Å². The molecule has 0 aliphatic carbocycles. The summed E-state index contributed by atoms with van der Waals surface area (Å²) in [7, 11) is -2.76. The van der Waals surface area contributed by atoms with Gasteiger partial charge in [-0.15, -0.1) is 0 Å². The van der Waals surface area contributed by atoms with Gasteiger partial charge < -0.3 is 10.1 Å². The van der Waals surface area contributed by atoms with Gasteiger partial charge in [0.25, 0.3) is 0 Å². The molecular formula is C11H22N2O3S. The lowest BCUT2D eigenvalue weighted by Gasteiger charge is -2.35. The standard InChI is InChI=1S/C11H22N2O3S/c1-10(8-11-9-16-5-2-12-11)13-3-6-17(14,15)7-4-13/h10-12H,2-9H2,1H3. The van der Waals surface area contributed by atoms with Crippen LogP contribution in [0.3, 0.4) is 0 Å². The highest BCUT2D eigenvalue weighted by Crippen LogP contribution is 2.13. The van der Waals surface area contributed by atoms with Crippen LogP contribution in [0.1, 0.15) is 13.3 Å². The molecule has 2 fully saturated rings. The van der Waals surface area contributed by atoms with Gasteiger partial charge in [-0.2, -0.15) is 0 Å². The van der Waals surface area contributed by atoms with Crippen LogP contribution in [0.4, 0.5) is 0 Å². The molecule has 17 heavy (non-hydrogen) atoms. The zero-order chi connectivity index (χ0) is 12.3. The molecule has 5 nitrogen and oxygen atoms in total. The highest BCUT2D eigenvalue weighted by molar-refractivity contribution is 7.91. The molecule has 2 saturated heterocycles. The van der Waals surface area contributed by atoms with Crippen LogP contribution in [-0.4, -0.2) is 69.8 Å². The van der Waals surface area contributed by atoms with E-state index in [0.717, 1.165) is 26.2 Å². The second-order valence-electron chi connectivity index (χ2n) is 5.00. The molecule has 0 aromatic rings. The van der Waals surface area contributed by atoms with Crippen LogP contribution in [0.25, 0.3) is 0 Å². The first-order valence-electron chi connectivity index (χ1n) is 6.32. The molecule has 0 bridgehead atoms. The molecule has 2 heterocycles. The zero-order valence-corrected chi connectivity index (χ0v) is 11.2. The Bertz CT molecular complexity index is 325. The third-order valence-corrected chi connectivity index (χ3v) is 5.24. The SMILES string of the molecule is CC(CC1COCCN1)N1CCS(=O)(=O)CC1. The summed E-state index contributed by atoms with van der Waals surface area (Å²) < 4.78 is 28.1. The molecule has 0 radical (unpaired) electrons. The van der Waals surface area contributed by atoms with Gasteiger partial charge >= 0.3 is 0 Å². The minimum absolute atomic E-state index is 0.311. The molecule has 2 rings (SSSR count). The summed E-state index contributed by atoms with van der Waals surface area (Å²) >= 11 is 0. The van der Waals surface area contributed by atoms with Crippen LogP contribution in [0.2, 0.25) is 0 Å². The van der Waals surface area contributed by atoms with E-state index in [2.05, 4.69) is 17.1 Å². The highest BCUT2D eigenvalue weighted by atomic mass is 32.2. The third kappa shape index (κ3) is 3.91. The van der Waals surface area contributed by atoms with Crippen molar-refractivity contribution in [3.63, 3.8) is 0 Å². The van der Waals surface area contributed by atoms with Crippen molar-refractivity contribution in [3.05, 3.63) is 0 Å². The number of sulfone groups is 1. The van der Waals surface area contributed by atoms with Crippen LogP contribution in [0.15, 0.2) is 0 Å². The summed E-state index contributed by atoms with van der Waals surface area (Å²) in [4.78, 5) is 2.28. The average molecular weight is 262 g/mol. The van der Waals surface area contributed by atoms with E-state index in [4.69, 9.17) is 4.74 Å². The van der Waals surface area contributed by atoms with Crippen LogP contribution < -0.4 is 5.32 Å². The van der Waals surface area contributed by atoms with Crippen molar-refractivity contribution >= 4 is 9.84 Å². The van der Waals surface area contributed by atoms with E-state index in [1.165, 1.54) is 0 Å². The van der Waals surface area contributed by atoms with Crippen molar-refractivity contribution in [2.24, 2.45) is 0 Å². The number of morpholine rings is 1. The van der Waals surface area contributed by atoms with Crippen molar-refractivity contribution in [2.45, 2.75) is 25.4 Å². The van der Waals surface area contributed by atoms with E-state index >= 15 is 0 Å².